The van der Waals surface area contributed by atoms with Crippen LogP contribution in [-0.2, 0) is 22.8 Å². The Morgan fingerprint density at radius 3 is 2.38 bits per heavy atom. The Labute approximate surface area is 171 Å². The van der Waals surface area contributed by atoms with Gasteiger partial charge in [0.15, 0.2) is 5.89 Å². The molecule has 0 aliphatic rings. The lowest BCUT2D eigenvalue weighted by Crippen LogP contribution is -2.08. The predicted octanol–water partition coefficient (Wildman–Crippen LogP) is 4.72. The number of oxazole rings is 1. The van der Waals surface area contributed by atoms with Gasteiger partial charge in [-0.05, 0) is 42.7 Å². The molecule has 0 fully saturated rings. The van der Waals surface area contributed by atoms with Crippen molar-refractivity contribution >= 4 is 15.7 Å². The van der Waals surface area contributed by atoms with Crippen LogP contribution in [0.15, 0.2) is 68.9 Å². The van der Waals surface area contributed by atoms with Gasteiger partial charge in [-0.25, -0.2) is 8.42 Å². The van der Waals surface area contributed by atoms with Gasteiger partial charge in [0.1, 0.15) is 5.75 Å². The zero-order valence-electron chi connectivity index (χ0n) is 16.9. The van der Waals surface area contributed by atoms with E-state index in [1.165, 1.54) is 12.1 Å². The average Bonchev–Trinajstić information content (AvgIpc) is 3.11. The van der Waals surface area contributed by atoms with Crippen LogP contribution in [0.1, 0.15) is 32.2 Å². The molecule has 0 amide bonds. The number of hydrogen-bond acceptors (Lipinski definition) is 6. The summed E-state index contributed by atoms with van der Waals surface area (Å²) in [7, 11) is -3.84. The van der Waals surface area contributed by atoms with Crippen molar-refractivity contribution in [2.45, 2.75) is 43.7 Å². The zero-order chi connectivity index (χ0) is 20.9. The molecule has 0 saturated carbocycles. The Bertz CT molecular complexity index is 1030. The fourth-order valence-corrected chi connectivity index (χ4v) is 4.15. The number of aromatic nitrogens is 1. The molecule has 0 atom stereocenters. The Morgan fingerprint density at radius 1 is 1.07 bits per heavy atom. The second-order valence-corrected chi connectivity index (χ2v) is 8.95. The number of anilines is 1. The van der Waals surface area contributed by atoms with Crippen LogP contribution in [0.2, 0.25) is 0 Å². The van der Waals surface area contributed by atoms with Gasteiger partial charge in [-0.3, -0.25) is 0 Å². The molecule has 1 aromatic heterocycles. The van der Waals surface area contributed by atoms with Crippen LogP contribution in [0.4, 0.5) is 5.88 Å². The second kappa shape index (κ2) is 9.13. The molecule has 0 aliphatic carbocycles. The number of nitrogens with zero attached hydrogens (tertiary/aromatic N) is 1. The third kappa shape index (κ3) is 5.17. The van der Waals surface area contributed by atoms with Crippen molar-refractivity contribution in [3.8, 4) is 5.75 Å². The van der Waals surface area contributed by atoms with Crippen molar-refractivity contribution in [3.63, 3.8) is 0 Å². The smallest absolute Gasteiger partial charge is 0.233 e. The van der Waals surface area contributed by atoms with E-state index < -0.39 is 9.84 Å². The monoisotopic (exact) mass is 414 g/mol. The Kier molecular flexibility index (Phi) is 6.59. The van der Waals surface area contributed by atoms with Crippen molar-refractivity contribution in [1.29, 1.82) is 0 Å². The molecule has 0 radical (unpaired) electrons. The van der Waals surface area contributed by atoms with Gasteiger partial charge in [0.25, 0.3) is 0 Å². The first-order chi connectivity index (χ1) is 13.9. The van der Waals surface area contributed by atoms with Crippen molar-refractivity contribution in [2.75, 3.05) is 11.9 Å². The minimum absolute atomic E-state index is 0.0896. The van der Waals surface area contributed by atoms with E-state index >= 15 is 0 Å². The first kappa shape index (κ1) is 20.9. The summed E-state index contributed by atoms with van der Waals surface area (Å²) >= 11 is 0. The lowest BCUT2D eigenvalue weighted by atomic mass is 10.1. The van der Waals surface area contributed by atoms with E-state index in [0.717, 1.165) is 5.56 Å². The lowest BCUT2D eigenvalue weighted by Gasteiger charge is -2.07. The van der Waals surface area contributed by atoms with Crippen molar-refractivity contribution < 1.29 is 17.6 Å². The van der Waals surface area contributed by atoms with E-state index in [1.807, 2.05) is 51.1 Å². The van der Waals surface area contributed by atoms with E-state index in [0.29, 0.717) is 31.2 Å². The molecule has 0 spiro atoms. The summed E-state index contributed by atoms with van der Waals surface area (Å²) in [4.78, 5) is 4.47. The van der Waals surface area contributed by atoms with E-state index in [1.54, 1.807) is 12.1 Å². The third-order valence-corrected chi connectivity index (χ3v) is 5.90. The molecule has 0 bridgehead atoms. The first-order valence-corrected chi connectivity index (χ1v) is 11.1. The summed E-state index contributed by atoms with van der Waals surface area (Å²) in [5.41, 5.74) is 1.01. The second-order valence-electron chi connectivity index (χ2n) is 7.09. The fraction of sp³-hybridized carbons (Fsp3) is 0.318. The van der Waals surface area contributed by atoms with Crippen molar-refractivity contribution in [1.82, 2.24) is 4.98 Å². The Balaban J connectivity index is 1.93. The molecule has 1 heterocycles. The van der Waals surface area contributed by atoms with Gasteiger partial charge in [0.2, 0.25) is 20.7 Å². The molecular weight excluding hydrogens is 388 g/mol. The molecule has 6 nitrogen and oxygen atoms in total. The number of hydrogen-bond donors (Lipinski definition) is 1. The lowest BCUT2D eigenvalue weighted by molar-refractivity contribution is 0.340. The van der Waals surface area contributed by atoms with Gasteiger partial charge in [-0.1, -0.05) is 44.2 Å². The van der Waals surface area contributed by atoms with Crippen LogP contribution in [0.5, 0.6) is 5.75 Å². The summed E-state index contributed by atoms with van der Waals surface area (Å²) < 4.78 is 37.7. The highest BCUT2D eigenvalue weighted by atomic mass is 32.2. The quantitative estimate of drug-likeness (QED) is 0.546. The number of sulfone groups is 1. The van der Waals surface area contributed by atoms with Gasteiger partial charge >= 0.3 is 0 Å². The Hall–Kier alpha value is -2.80. The molecule has 0 unspecified atom stereocenters. The number of ether oxygens (including phenoxy) is 1. The standard InChI is InChI=1S/C22H26N2O4S/c1-4-27-18-10-12-19(13-11-18)29(25,26)22-21(28-20(24-22)14-16(2)3)23-15-17-8-6-5-7-9-17/h5-13,16,23H,4,14-15H2,1-3H3. The molecule has 29 heavy (non-hydrogen) atoms. The van der Waals surface area contributed by atoms with Crippen LogP contribution in [-0.4, -0.2) is 20.0 Å². The average molecular weight is 415 g/mol. The molecule has 0 saturated heterocycles. The molecule has 7 heteroatoms. The van der Waals surface area contributed by atoms with Gasteiger partial charge < -0.3 is 14.5 Å². The number of rotatable bonds is 9. The van der Waals surface area contributed by atoms with Gasteiger partial charge in [-0.15, -0.1) is 0 Å². The summed E-state index contributed by atoms with van der Waals surface area (Å²) in [5.74, 6) is 1.48. The van der Waals surface area contributed by atoms with Gasteiger partial charge in [0.05, 0.1) is 11.5 Å². The van der Waals surface area contributed by atoms with Crippen LogP contribution in [0, 0.1) is 5.92 Å². The van der Waals surface area contributed by atoms with Crippen LogP contribution in [0.25, 0.3) is 0 Å². The number of benzene rings is 2. The van der Waals surface area contributed by atoms with E-state index in [-0.39, 0.29) is 21.7 Å². The zero-order valence-corrected chi connectivity index (χ0v) is 17.7. The van der Waals surface area contributed by atoms with Crippen LogP contribution < -0.4 is 10.1 Å². The predicted molar refractivity (Wildman–Crippen MR) is 112 cm³/mol. The van der Waals surface area contributed by atoms with E-state index in [2.05, 4.69) is 10.3 Å². The number of nitrogens with one attached hydrogen (secondary N) is 1. The van der Waals surface area contributed by atoms with E-state index in [4.69, 9.17) is 9.15 Å². The van der Waals surface area contributed by atoms with E-state index in [9.17, 15) is 8.42 Å². The molecular formula is C22H26N2O4S. The van der Waals surface area contributed by atoms with Crippen LogP contribution in [0.3, 0.4) is 0 Å². The highest BCUT2D eigenvalue weighted by Crippen LogP contribution is 2.30. The minimum Gasteiger partial charge on any atom is -0.494 e. The molecule has 0 aliphatic heterocycles. The molecule has 3 aromatic rings. The summed E-state index contributed by atoms with van der Waals surface area (Å²) in [5, 5.41) is 3.01. The molecule has 1 N–H and O–H groups in total. The van der Waals surface area contributed by atoms with Crippen LogP contribution >= 0.6 is 0 Å². The maximum Gasteiger partial charge on any atom is 0.233 e. The highest BCUT2D eigenvalue weighted by molar-refractivity contribution is 7.91. The Morgan fingerprint density at radius 2 is 1.76 bits per heavy atom. The minimum atomic E-state index is -3.84. The first-order valence-electron chi connectivity index (χ1n) is 9.65. The molecule has 2 aromatic carbocycles. The normalized spacial score (nSPS) is 11.6. The maximum atomic E-state index is 13.2. The van der Waals surface area contributed by atoms with Gasteiger partial charge in [-0.2, -0.15) is 4.98 Å². The highest BCUT2D eigenvalue weighted by Gasteiger charge is 2.28. The SMILES string of the molecule is CCOc1ccc(S(=O)(=O)c2nc(CC(C)C)oc2NCc2ccccc2)cc1. The van der Waals surface area contributed by atoms with Crippen molar-refractivity contribution in [2.24, 2.45) is 5.92 Å². The fourth-order valence-electron chi connectivity index (χ4n) is 2.85. The largest absolute Gasteiger partial charge is 0.494 e. The molecule has 3 rings (SSSR count). The summed E-state index contributed by atoms with van der Waals surface area (Å²) in [6.45, 7) is 6.88. The van der Waals surface area contributed by atoms with Crippen molar-refractivity contribution in [3.05, 3.63) is 66.1 Å². The topological polar surface area (TPSA) is 81.4 Å². The van der Waals surface area contributed by atoms with Gasteiger partial charge in [0, 0.05) is 13.0 Å². The third-order valence-electron chi connectivity index (χ3n) is 4.22. The molecule has 154 valence electrons. The summed E-state index contributed by atoms with van der Waals surface area (Å²) in [6, 6.07) is 16.0. The maximum absolute atomic E-state index is 13.2. The summed E-state index contributed by atoms with van der Waals surface area (Å²) in [6.07, 6.45) is 0.554.